The van der Waals surface area contributed by atoms with Crippen LogP contribution in [0.25, 0.3) is 11.0 Å². The summed E-state index contributed by atoms with van der Waals surface area (Å²) in [5, 5.41) is 0. The first kappa shape index (κ1) is 12.4. The first-order chi connectivity index (χ1) is 8.54. The molecule has 2 aromatic rings. The van der Waals surface area contributed by atoms with Gasteiger partial charge in [0, 0.05) is 12.1 Å². The molecule has 1 amide bonds. The number of primary amides is 1. The molecule has 0 spiro atoms. The lowest BCUT2D eigenvalue weighted by atomic mass is 10.1. The highest BCUT2D eigenvalue weighted by Crippen LogP contribution is 2.23. The number of hydrogen-bond acceptors (Lipinski definition) is 3. The lowest BCUT2D eigenvalue weighted by molar-refractivity contribution is 0.100. The van der Waals surface area contributed by atoms with Crippen LogP contribution < -0.4 is 11.5 Å². The van der Waals surface area contributed by atoms with Crippen LogP contribution in [-0.2, 0) is 6.54 Å². The highest BCUT2D eigenvalue weighted by atomic mass is 16.1. The number of fused-ring (bicyclic) bond motifs is 1. The number of carbonyl (C=O) groups excluding carboxylic acids is 1. The molecule has 0 saturated carbocycles. The molecule has 1 aromatic carbocycles. The number of anilines is 1. The van der Waals surface area contributed by atoms with Crippen molar-refractivity contribution in [2.75, 3.05) is 5.73 Å². The van der Waals surface area contributed by atoms with Crippen molar-refractivity contribution >= 4 is 22.9 Å². The van der Waals surface area contributed by atoms with E-state index in [1.165, 1.54) is 0 Å². The molecule has 2 rings (SSSR count). The van der Waals surface area contributed by atoms with Crippen molar-refractivity contribution in [2.24, 2.45) is 5.73 Å². The van der Waals surface area contributed by atoms with Crippen molar-refractivity contribution in [3.8, 4) is 0 Å². The number of unbranched alkanes of at least 4 members (excludes halogenated alkanes) is 1. The predicted molar refractivity (Wildman–Crippen MR) is 72.3 cm³/mol. The van der Waals surface area contributed by atoms with Crippen LogP contribution in [0.5, 0.6) is 0 Å². The Morgan fingerprint density at radius 3 is 2.78 bits per heavy atom. The molecular formula is C13H18N4O. The normalized spacial score (nSPS) is 11.0. The number of benzene rings is 1. The molecule has 96 valence electrons. The van der Waals surface area contributed by atoms with Gasteiger partial charge in [-0.3, -0.25) is 4.79 Å². The molecule has 0 aliphatic rings. The molecule has 0 bridgehead atoms. The standard InChI is InChI=1S/C13H18N4O/c1-3-4-5-17-11-8(2)6-9(12(14)18)7-10(11)16-13(17)15/h6-7H,3-5H2,1-2H3,(H2,14,18)(H2,15,16). The molecule has 1 aromatic heterocycles. The second-order valence-electron chi connectivity index (χ2n) is 4.50. The first-order valence-electron chi connectivity index (χ1n) is 6.10. The third-order valence-corrected chi connectivity index (χ3v) is 3.08. The Labute approximate surface area is 106 Å². The van der Waals surface area contributed by atoms with Crippen molar-refractivity contribution in [2.45, 2.75) is 33.2 Å². The van der Waals surface area contributed by atoms with Crippen molar-refractivity contribution < 1.29 is 4.79 Å². The number of nitrogen functional groups attached to an aromatic ring is 1. The fourth-order valence-electron chi connectivity index (χ4n) is 2.18. The van der Waals surface area contributed by atoms with Gasteiger partial charge in [0.2, 0.25) is 11.9 Å². The van der Waals surface area contributed by atoms with Gasteiger partial charge in [0.1, 0.15) is 0 Å². The fourth-order valence-corrected chi connectivity index (χ4v) is 2.18. The highest BCUT2D eigenvalue weighted by molar-refractivity contribution is 5.97. The molecule has 0 fully saturated rings. The van der Waals surface area contributed by atoms with E-state index in [1.54, 1.807) is 12.1 Å². The Balaban J connectivity index is 2.60. The molecule has 0 saturated heterocycles. The van der Waals surface area contributed by atoms with E-state index in [4.69, 9.17) is 11.5 Å². The predicted octanol–water partition coefficient (Wildman–Crippen LogP) is 1.83. The highest BCUT2D eigenvalue weighted by Gasteiger charge is 2.13. The molecular weight excluding hydrogens is 228 g/mol. The SMILES string of the molecule is CCCCn1c(N)nc2cc(C(N)=O)cc(C)c21. The zero-order chi connectivity index (χ0) is 13.3. The van der Waals surface area contributed by atoms with Crippen molar-refractivity contribution in [3.05, 3.63) is 23.3 Å². The lowest BCUT2D eigenvalue weighted by Gasteiger charge is -2.07. The van der Waals surface area contributed by atoms with E-state index in [-0.39, 0.29) is 0 Å². The number of hydrogen-bond donors (Lipinski definition) is 2. The number of nitrogens with zero attached hydrogens (tertiary/aromatic N) is 2. The number of aryl methyl sites for hydroxylation is 2. The van der Waals surface area contributed by atoms with Gasteiger partial charge in [-0.1, -0.05) is 13.3 Å². The summed E-state index contributed by atoms with van der Waals surface area (Å²) in [4.78, 5) is 15.5. The smallest absolute Gasteiger partial charge is 0.248 e. The Kier molecular flexibility index (Phi) is 3.23. The first-order valence-corrected chi connectivity index (χ1v) is 6.10. The van der Waals surface area contributed by atoms with E-state index in [0.717, 1.165) is 36.0 Å². The van der Waals surface area contributed by atoms with Crippen LogP contribution in [-0.4, -0.2) is 15.5 Å². The molecule has 5 heteroatoms. The quantitative estimate of drug-likeness (QED) is 0.862. The summed E-state index contributed by atoms with van der Waals surface area (Å²) >= 11 is 0. The van der Waals surface area contributed by atoms with E-state index in [9.17, 15) is 4.79 Å². The van der Waals surface area contributed by atoms with Crippen molar-refractivity contribution in [1.29, 1.82) is 0 Å². The third kappa shape index (κ3) is 2.03. The minimum atomic E-state index is -0.443. The lowest BCUT2D eigenvalue weighted by Crippen LogP contribution is -2.11. The largest absolute Gasteiger partial charge is 0.369 e. The molecule has 4 N–H and O–H groups in total. The minimum absolute atomic E-state index is 0.443. The summed E-state index contributed by atoms with van der Waals surface area (Å²) in [6, 6.07) is 3.48. The van der Waals surface area contributed by atoms with Crippen molar-refractivity contribution in [3.63, 3.8) is 0 Å². The average Bonchev–Trinajstić information content (AvgIpc) is 2.62. The summed E-state index contributed by atoms with van der Waals surface area (Å²) in [7, 11) is 0. The molecule has 0 radical (unpaired) electrons. The second-order valence-corrected chi connectivity index (χ2v) is 4.50. The van der Waals surface area contributed by atoms with E-state index in [1.807, 2.05) is 11.5 Å². The van der Waals surface area contributed by atoms with Crippen LogP contribution >= 0.6 is 0 Å². The molecule has 0 aliphatic heterocycles. The van der Waals surface area contributed by atoms with Gasteiger partial charge in [-0.25, -0.2) is 4.98 Å². The number of nitrogens with two attached hydrogens (primary N) is 2. The fraction of sp³-hybridized carbons (Fsp3) is 0.385. The maximum atomic E-state index is 11.2. The van der Waals surface area contributed by atoms with Crippen molar-refractivity contribution in [1.82, 2.24) is 9.55 Å². The maximum absolute atomic E-state index is 11.2. The Bertz CT molecular complexity index is 601. The molecule has 18 heavy (non-hydrogen) atoms. The number of imidazole rings is 1. The van der Waals surface area contributed by atoms with Gasteiger partial charge in [-0.2, -0.15) is 0 Å². The zero-order valence-electron chi connectivity index (χ0n) is 10.7. The summed E-state index contributed by atoms with van der Waals surface area (Å²) in [5.74, 6) is 0.0462. The Morgan fingerprint density at radius 1 is 1.44 bits per heavy atom. The number of rotatable bonds is 4. The van der Waals surface area contributed by atoms with Gasteiger partial charge in [-0.15, -0.1) is 0 Å². The summed E-state index contributed by atoms with van der Waals surface area (Å²) < 4.78 is 2.00. The van der Waals surface area contributed by atoms with Crippen LogP contribution in [0.4, 0.5) is 5.95 Å². The van der Waals surface area contributed by atoms with E-state index in [0.29, 0.717) is 11.5 Å². The second kappa shape index (κ2) is 4.68. The van der Waals surface area contributed by atoms with E-state index < -0.39 is 5.91 Å². The third-order valence-electron chi connectivity index (χ3n) is 3.08. The maximum Gasteiger partial charge on any atom is 0.248 e. The number of amides is 1. The minimum Gasteiger partial charge on any atom is -0.369 e. The number of carbonyl (C=O) groups is 1. The topological polar surface area (TPSA) is 86.9 Å². The van der Waals surface area contributed by atoms with E-state index in [2.05, 4.69) is 11.9 Å². The number of aromatic nitrogens is 2. The van der Waals surface area contributed by atoms with Crippen LogP contribution in [0.3, 0.4) is 0 Å². The average molecular weight is 246 g/mol. The van der Waals surface area contributed by atoms with Gasteiger partial charge in [0.25, 0.3) is 0 Å². The molecule has 1 heterocycles. The van der Waals surface area contributed by atoms with Gasteiger partial charge in [0.05, 0.1) is 11.0 Å². The van der Waals surface area contributed by atoms with Gasteiger partial charge < -0.3 is 16.0 Å². The van der Waals surface area contributed by atoms with E-state index >= 15 is 0 Å². The van der Waals surface area contributed by atoms with Crippen LogP contribution in [0.2, 0.25) is 0 Å². The molecule has 0 aliphatic carbocycles. The molecule has 5 nitrogen and oxygen atoms in total. The molecule has 0 atom stereocenters. The Hall–Kier alpha value is -2.04. The summed E-state index contributed by atoms with van der Waals surface area (Å²) in [5.41, 5.74) is 14.4. The summed E-state index contributed by atoms with van der Waals surface area (Å²) in [6.45, 7) is 4.92. The van der Waals surface area contributed by atoms with Gasteiger partial charge in [0.15, 0.2) is 0 Å². The van der Waals surface area contributed by atoms with Crippen LogP contribution in [0, 0.1) is 6.92 Å². The van der Waals surface area contributed by atoms with Gasteiger partial charge in [-0.05, 0) is 31.0 Å². The van der Waals surface area contributed by atoms with Gasteiger partial charge >= 0.3 is 0 Å². The monoisotopic (exact) mass is 246 g/mol. The van der Waals surface area contributed by atoms with Crippen LogP contribution in [0.15, 0.2) is 12.1 Å². The zero-order valence-corrected chi connectivity index (χ0v) is 10.7. The Morgan fingerprint density at radius 2 is 2.17 bits per heavy atom. The molecule has 0 unspecified atom stereocenters. The van der Waals surface area contributed by atoms with Crippen LogP contribution in [0.1, 0.15) is 35.7 Å². The summed E-state index contributed by atoms with van der Waals surface area (Å²) in [6.07, 6.45) is 2.14.